The lowest BCUT2D eigenvalue weighted by molar-refractivity contribution is -0.120. The summed E-state index contributed by atoms with van der Waals surface area (Å²) < 4.78 is 5.09. The Bertz CT molecular complexity index is 460. The number of carbonyl (C=O) groups excluding carboxylic acids is 2. The zero-order valence-corrected chi connectivity index (χ0v) is 12.8. The number of rotatable bonds is 7. The molecule has 21 heavy (non-hydrogen) atoms. The van der Waals surface area contributed by atoms with Crippen LogP contribution in [-0.4, -0.2) is 44.1 Å². The van der Waals surface area contributed by atoms with E-state index in [0.29, 0.717) is 13.1 Å². The molecule has 1 aromatic rings. The first kappa shape index (κ1) is 17.0. The first-order valence-corrected chi connectivity index (χ1v) is 6.94. The van der Waals surface area contributed by atoms with Crippen LogP contribution in [0.5, 0.6) is 5.75 Å². The van der Waals surface area contributed by atoms with Crippen LogP contribution in [0.3, 0.4) is 0 Å². The van der Waals surface area contributed by atoms with Crippen LogP contribution in [0.1, 0.15) is 18.9 Å². The number of nitrogens with zero attached hydrogens (tertiary/aromatic N) is 1. The molecule has 6 heteroatoms. The van der Waals surface area contributed by atoms with Crippen molar-refractivity contribution >= 4 is 11.9 Å². The Morgan fingerprint density at radius 2 is 1.90 bits per heavy atom. The summed E-state index contributed by atoms with van der Waals surface area (Å²) >= 11 is 0. The van der Waals surface area contributed by atoms with Gasteiger partial charge in [-0.2, -0.15) is 0 Å². The van der Waals surface area contributed by atoms with Crippen molar-refractivity contribution in [3.8, 4) is 5.75 Å². The number of methoxy groups -OCH3 is 1. The molecule has 0 fully saturated rings. The minimum absolute atomic E-state index is 0.158. The van der Waals surface area contributed by atoms with E-state index in [1.165, 1.54) is 0 Å². The normalized spacial score (nSPS) is 10.3. The van der Waals surface area contributed by atoms with Gasteiger partial charge in [-0.1, -0.05) is 19.1 Å². The largest absolute Gasteiger partial charge is 0.497 e. The van der Waals surface area contributed by atoms with E-state index in [-0.39, 0.29) is 12.5 Å². The summed E-state index contributed by atoms with van der Waals surface area (Å²) in [6.07, 6.45) is 0.832. The lowest BCUT2D eigenvalue weighted by atomic mass is 10.2. The molecule has 0 atom stereocenters. The average molecular weight is 293 g/mol. The van der Waals surface area contributed by atoms with Gasteiger partial charge in [-0.15, -0.1) is 0 Å². The van der Waals surface area contributed by atoms with Crippen molar-refractivity contribution in [2.45, 2.75) is 19.9 Å². The fraction of sp³-hybridized carbons (Fsp3) is 0.467. The van der Waals surface area contributed by atoms with E-state index < -0.39 is 6.03 Å². The van der Waals surface area contributed by atoms with Gasteiger partial charge in [-0.25, -0.2) is 4.79 Å². The monoisotopic (exact) mass is 293 g/mol. The zero-order valence-electron chi connectivity index (χ0n) is 12.8. The number of hydrogen-bond donors (Lipinski definition) is 2. The number of amides is 3. The molecule has 0 aliphatic carbocycles. The van der Waals surface area contributed by atoms with Gasteiger partial charge in [0.25, 0.3) is 0 Å². The van der Waals surface area contributed by atoms with E-state index >= 15 is 0 Å². The van der Waals surface area contributed by atoms with Gasteiger partial charge in [0.05, 0.1) is 13.7 Å². The lowest BCUT2D eigenvalue weighted by Crippen LogP contribution is -2.43. The maximum Gasteiger partial charge on any atom is 0.321 e. The molecule has 0 aliphatic rings. The minimum atomic E-state index is -0.445. The van der Waals surface area contributed by atoms with E-state index in [4.69, 9.17) is 4.74 Å². The molecule has 6 nitrogen and oxygen atoms in total. The lowest BCUT2D eigenvalue weighted by Gasteiger charge is -2.16. The third-order valence-corrected chi connectivity index (χ3v) is 2.81. The molecule has 3 amide bonds. The first-order valence-electron chi connectivity index (χ1n) is 6.94. The Hall–Kier alpha value is -2.08. The molecular weight excluding hydrogens is 270 g/mol. The van der Waals surface area contributed by atoms with E-state index in [0.717, 1.165) is 17.7 Å². The molecule has 2 N–H and O–H groups in total. The Labute approximate surface area is 125 Å². The van der Waals surface area contributed by atoms with Crippen LogP contribution in [0.4, 0.5) is 4.79 Å². The number of carbonyl (C=O) groups is 2. The van der Waals surface area contributed by atoms with Crippen LogP contribution in [-0.2, 0) is 11.3 Å². The maximum absolute atomic E-state index is 11.7. The second-order valence-electron chi connectivity index (χ2n) is 4.82. The predicted molar refractivity (Wildman–Crippen MR) is 81.2 cm³/mol. The summed E-state index contributed by atoms with van der Waals surface area (Å²) in [4.78, 5) is 24.9. The minimum Gasteiger partial charge on any atom is -0.497 e. The van der Waals surface area contributed by atoms with Gasteiger partial charge in [-0.3, -0.25) is 15.0 Å². The molecule has 1 aromatic carbocycles. The van der Waals surface area contributed by atoms with Crippen molar-refractivity contribution in [2.24, 2.45) is 0 Å². The highest BCUT2D eigenvalue weighted by Crippen LogP contribution is 2.12. The Kier molecular flexibility index (Phi) is 7.25. The first-order chi connectivity index (χ1) is 10.0. The number of urea groups is 1. The van der Waals surface area contributed by atoms with Crippen LogP contribution in [0, 0.1) is 0 Å². The molecule has 0 bridgehead atoms. The van der Waals surface area contributed by atoms with Crippen molar-refractivity contribution in [1.29, 1.82) is 0 Å². The molecule has 0 radical (unpaired) electrons. The number of imide groups is 1. The van der Waals surface area contributed by atoms with Gasteiger partial charge in [-0.05, 0) is 31.2 Å². The number of hydrogen-bond acceptors (Lipinski definition) is 4. The summed E-state index contributed by atoms with van der Waals surface area (Å²) in [6.45, 7) is 3.28. The summed E-state index contributed by atoms with van der Waals surface area (Å²) in [5.41, 5.74) is 1.07. The van der Waals surface area contributed by atoms with E-state index in [1.54, 1.807) is 7.11 Å². The molecule has 0 aliphatic heterocycles. The quantitative estimate of drug-likeness (QED) is 0.796. The van der Waals surface area contributed by atoms with Crippen LogP contribution in [0.25, 0.3) is 0 Å². The highest BCUT2D eigenvalue weighted by molar-refractivity contribution is 5.95. The Morgan fingerprint density at radius 3 is 2.48 bits per heavy atom. The Morgan fingerprint density at radius 1 is 1.24 bits per heavy atom. The topological polar surface area (TPSA) is 70.7 Å². The fourth-order valence-electron chi connectivity index (χ4n) is 1.79. The van der Waals surface area contributed by atoms with Crippen molar-refractivity contribution in [2.75, 3.05) is 27.2 Å². The van der Waals surface area contributed by atoms with Crippen molar-refractivity contribution < 1.29 is 14.3 Å². The average Bonchev–Trinajstić information content (AvgIpc) is 2.45. The molecule has 116 valence electrons. The van der Waals surface area contributed by atoms with E-state index in [2.05, 4.69) is 10.6 Å². The highest BCUT2D eigenvalue weighted by Gasteiger charge is 2.10. The van der Waals surface area contributed by atoms with Gasteiger partial charge >= 0.3 is 6.03 Å². The van der Waals surface area contributed by atoms with Gasteiger partial charge in [0.15, 0.2) is 0 Å². The highest BCUT2D eigenvalue weighted by atomic mass is 16.5. The molecule has 0 unspecified atom stereocenters. The third-order valence-electron chi connectivity index (χ3n) is 2.81. The van der Waals surface area contributed by atoms with Crippen molar-refractivity contribution in [1.82, 2.24) is 15.5 Å². The summed E-state index contributed by atoms with van der Waals surface area (Å²) in [5, 5.41) is 4.89. The zero-order chi connectivity index (χ0) is 15.7. The second kappa shape index (κ2) is 8.97. The molecule has 0 saturated heterocycles. The van der Waals surface area contributed by atoms with Crippen molar-refractivity contribution in [3.63, 3.8) is 0 Å². The van der Waals surface area contributed by atoms with Gasteiger partial charge < -0.3 is 10.1 Å². The third kappa shape index (κ3) is 6.76. The molecule has 1 rings (SSSR count). The summed E-state index contributed by atoms with van der Waals surface area (Å²) in [7, 11) is 3.45. The van der Waals surface area contributed by atoms with Crippen LogP contribution < -0.4 is 15.4 Å². The van der Waals surface area contributed by atoms with Crippen LogP contribution >= 0.6 is 0 Å². The van der Waals surface area contributed by atoms with Crippen molar-refractivity contribution in [3.05, 3.63) is 29.8 Å². The fourth-order valence-corrected chi connectivity index (χ4v) is 1.79. The van der Waals surface area contributed by atoms with Gasteiger partial charge in [0, 0.05) is 13.1 Å². The standard InChI is InChI=1S/C15H23N3O3/c1-4-9-16-15(20)17-14(19)11-18(2)10-12-5-7-13(21-3)8-6-12/h5-8H,4,9-11H2,1-3H3,(H2,16,17,19,20). The molecule has 0 saturated carbocycles. The molecular formula is C15H23N3O3. The van der Waals surface area contributed by atoms with Crippen LogP contribution in [0.2, 0.25) is 0 Å². The van der Waals surface area contributed by atoms with E-state index in [1.807, 2.05) is 43.1 Å². The summed E-state index contributed by atoms with van der Waals surface area (Å²) in [6, 6.07) is 7.20. The van der Waals surface area contributed by atoms with E-state index in [9.17, 15) is 9.59 Å². The number of nitrogens with one attached hydrogen (secondary N) is 2. The molecule has 0 aromatic heterocycles. The Balaban J connectivity index is 2.36. The number of benzene rings is 1. The predicted octanol–water partition coefficient (Wildman–Crippen LogP) is 1.36. The van der Waals surface area contributed by atoms with Gasteiger partial charge in [0.1, 0.15) is 5.75 Å². The van der Waals surface area contributed by atoms with Crippen LogP contribution in [0.15, 0.2) is 24.3 Å². The molecule has 0 heterocycles. The van der Waals surface area contributed by atoms with Gasteiger partial charge in [0.2, 0.25) is 5.91 Å². The second-order valence-corrected chi connectivity index (χ2v) is 4.82. The number of likely N-dealkylation sites (N-methyl/N-ethyl adjacent to an activating group) is 1. The SMILES string of the molecule is CCCNC(=O)NC(=O)CN(C)Cc1ccc(OC)cc1. The molecule has 0 spiro atoms. The smallest absolute Gasteiger partial charge is 0.321 e. The summed E-state index contributed by atoms with van der Waals surface area (Å²) in [5.74, 6) is 0.478. The number of ether oxygens (including phenoxy) is 1. The maximum atomic E-state index is 11.7.